The molecule has 1 aliphatic heterocycles. The standard InChI is InChI=1S/C31H42N6O5S2/c1-4-35(5-2)21-28(38)36-16-18-37(19-17-36)44(40,41)24-12-10-23(11-13-24)25(20-22-8-6-7-9-22)29(39)34-31-32-26-14-15-27(42-3)33-30(26)43-31/h10-15,22,25H,4-9,16-21H2,1-3H3,(H,32,34,39). The number of amides is 2. The lowest BCUT2D eigenvalue weighted by Crippen LogP contribution is -2.52. The predicted molar refractivity (Wildman–Crippen MR) is 171 cm³/mol. The van der Waals surface area contributed by atoms with Gasteiger partial charge in [-0.2, -0.15) is 4.31 Å². The second-order valence-electron chi connectivity index (χ2n) is 11.4. The number of thiazole rings is 1. The predicted octanol–water partition coefficient (Wildman–Crippen LogP) is 4.18. The molecule has 2 fully saturated rings. The molecule has 1 saturated carbocycles. The Morgan fingerprint density at radius 2 is 1.70 bits per heavy atom. The van der Waals surface area contributed by atoms with E-state index >= 15 is 0 Å². The number of pyridine rings is 1. The Morgan fingerprint density at radius 1 is 1.02 bits per heavy atom. The number of carbonyl (C=O) groups excluding carboxylic acids is 2. The number of benzene rings is 1. The molecule has 2 amide bonds. The lowest BCUT2D eigenvalue weighted by atomic mass is 9.87. The highest BCUT2D eigenvalue weighted by atomic mass is 32.2. The quantitative estimate of drug-likeness (QED) is 0.312. The highest BCUT2D eigenvalue weighted by molar-refractivity contribution is 7.89. The number of ether oxygens (including phenoxy) is 1. The van der Waals surface area contributed by atoms with E-state index in [0.717, 1.165) is 44.3 Å². The van der Waals surface area contributed by atoms with Gasteiger partial charge in [-0.3, -0.25) is 14.5 Å². The molecule has 0 spiro atoms. The summed E-state index contributed by atoms with van der Waals surface area (Å²) in [5, 5.41) is 3.46. The Bertz CT molecular complexity index is 1540. The van der Waals surface area contributed by atoms with E-state index in [1.54, 1.807) is 42.3 Å². The number of nitrogens with one attached hydrogen (secondary N) is 1. The van der Waals surface area contributed by atoms with Gasteiger partial charge in [0.2, 0.25) is 27.7 Å². The number of anilines is 1. The molecular formula is C31H42N6O5S2. The van der Waals surface area contributed by atoms with Gasteiger partial charge in [0.1, 0.15) is 10.3 Å². The van der Waals surface area contributed by atoms with Crippen LogP contribution < -0.4 is 10.1 Å². The molecule has 5 rings (SSSR count). The zero-order valence-corrected chi connectivity index (χ0v) is 27.3. The van der Waals surface area contributed by atoms with Crippen LogP contribution in [0.2, 0.25) is 0 Å². The number of hydrogen-bond donors (Lipinski definition) is 1. The number of piperazine rings is 1. The lowest BCUT2D eigenvalue weighted by molar-refractivity contribution is -0.133. The molecule has 238 valence electrons. The summed E-state index contributed by atoms with van der Waals surface area (Å²) in [4.78, 5) is 40.0. The number of methoxy groups -OCH3 is 1. The van der Waals surface area contributed by atoms with Gasteiger partial charge in [0.15, 0.2) is 5.13 Å². The monoisotopic (exact) mass is 642 g/mol. The molecule has 0 radical (unpaired) electrons. The van der Waals surface area contributed by atoms with Crippen LogP contribution in [-0.4, -0.2) is 97.2 Å². The molecule has 1 unspecified atom stereocenters. The molecule has 1 aromatic carbocycles. The van der Waals surface area contributed by atoms with Crippen LogP contribution in [-0.2, 0) is 19.6 Å². The Kier molecular flexibility index (Phi) is 10.5. The number of carbonyl (C=O) groups is 2. The third-order valence-electron chi connectivity index (χ3n) is 8.79. The van der Waals surface area contributed by atoms with E-state index in [0.29, 0.717) is 53.3 Å². The van der Waals surface area contributed by atoms with E-state index < -0.39 is 15.9 Å². The fraction of sp³-hybridized carbons (Fsp3) is 0.548. The summed E-state index contributed by atoms with van der Waals surface area (Å²) < 4.78 is 33.7. The van der Waals surface area contributed by atoms with Crippen molar-refractivity contribution in [2.75, 3.05) is 58.2 Å². The first-order valence-electron chi connectivity index (χ1n) is 15.4. The number of rotatable bonds is 12. The molecule has 1 aliphatic carbocycles. The fourth-order valence-electron chi connectivity index (χ4n) is 6.07. The summed E-state index contributed by atoms with van der Waals surface area (Å²) in [5.41, 5.74) is 1.46. The number of likely N-dealkylation sites (N-methyl/N-ethyl adjacent to an activating group) is 1. The SMILES string of the molecule is CCN(CC)CC(=O)N1CCN(S(=O)(=O)c2ccc(C(CC3CCCC3)C(=O)Nc3nc4ccc(OC)nc4s3)cc2)CC1. The molecule has 1 atom stereocenters. The molecule has 1 saturated heterocycles. The smallest absolute Gasteiger partial charge is 0.243 e. The molecule has 3 heterocycles. The highest BCUT2D eigenvalue weighted by Gasteiger charge is 2.32. The number of hydrogen-bond acceptors (Lipinski definition) is 9. The van der Waals surface area contributed by atoms with Gasteiger partial charge in [-0.25, -0.2) is 18.4 Å². The minimum Gasteiger partial charge on any atom is -0.481 e. The van der Waals surface area contributed by atoms with Gasteiger partial charge in [0, 0.05) is 32.2 Å². The van der Waals surface area contributed by atoms with Crippen molar-refractivity contribution in [3.8, 4) is 5.88 Å². The van der Waals surface area contributed by atoms with Crippen molar-refractivity contribution in [2.45, 2.75) is 56.8 Å². The number of aromatic nitrogens is 2. The van der Waals surface area contributed by atoms with E-state index in [1.807, 2.05) is 19.9 Å². The van der Waals surface area contributed by atoms with Gasteiger partial charge >= 0.3 is 0 Å². The van der Waals surface area contributed by atoms with Crippen LogP contribution in [0.3, 0.4) is 0 Å². The lowest BCUT2D eigenvalue weighted by Gasteiger charge is -2.35. The summed E-state index contributed by atoms with van der Waals surface area (Å²) in [6.07, 6.45) is 5.19. The van der Waals surface area contributed by atoms with Crippen LogP contribution in [0.1, 0.15) is 57.4 Å². The van der Waals surface area contributed by atoms with Crippen LogP contribution in [0.5, 0.6) is 5.88 Å². The maximum atomic E-state index is 13.7. The van der Waals surface area contributed by atoms with Gasteiger partial charge in [0.25, 0.3) is 0 Å². The first kappa shape index (κ1) is 32.3. The largest absolute Gasteiger partial charge is 0.481 e. The van der Waals surface area contributed by atoms with Crippen molar-refractivity contribution in [3.63, 3.8) is 0 Å². The number of nitrogens with zero attached hydrogens (tertiary/aromatic N) is 5. The second-order valence-corrected chi connectivity index (χ2v) is 14.4. The van der Waals surface area contributed by atoms with E-state index in [1.165, 1.54) is 15.6 Å². The summed E-state index contributed by atoms with van der Waals surface area (Å²) in [6, 6.07) is 10.3. The molecule has 13 heteroatoms. The zero-order chi connectivity index (χ0) is 31.3. The van der Waals surface area contributed by atoms with E-state index in [2.05, 4.69) is 20.2 Å². The third-order valence-corrected chi connectivity index (χ3v) is 11.6. The first-order valence-corrected chi connectivity index (χ1v) is 17.7. The highest BCUT2D eigenvalue weighted by Crippen LogP contribution is 2.36. The molecule has 2 aromatic heterocycles. The minimum absolute atomic E-state index is 0.0310. The molecular weight excluding hydrogens is 601 g/mol. The normalized spacial score (nSPS) is 17.3. The van der Waals surface area contributed by atoms with Gasteiger partial charge < -0.3 is 15.0 Å². The Labute approximate surface area is 263 Å². The molecule has 0 bridgehead atoms. The average molecular weight is 643 g/mol. The molecule has 3 aromatic rings. The first-order chi connectivity index (χ1) is 21.2. The van der Waals surface area contributed by atoms with Crippen LogP contribution in [0.15, 0.2) is 41.3 Å². The van der Waals surface area contributed by atoms with Gasteiger partial charge in [-0.1, -0.05) is 63.0 Å². The van der Waals surface area contributed by atoms with Crippen LogP contribution in [0.4, 0.5) is 5.13 Å². The van der Waals surface area contributed by atoms with Gasteiger partial charge in [-0.15, -0.1) is 0 Å². The molecule has 1 N–H and O–H groups in total. The Hall–Kier alpha value is -3.13. The van der Waals surface area contributed by atoms with E-state index in [-0.39, 0.29) is 29.8 Å². The number of sulfonamides is 1. The summed E-state index contributed by atoms with van der Waals surface area (Å²) in [7, 11) is -2.18. The van der Waals surface area contributed by atoms with Gasteiger partial charge in [0.05, 0.1) is 24.5 Å². The third kappa shape index (κ3) is 7.39. The Balaban J connectivity index is 1.27. The average Bonchev–Trinajstić information content (AvgIpc) is 3.71. The van der Waals surface area contributed by atoms with Crippen molar-refractivity contribution in [3.05, 3.63) is 42.0 Å². The van der Waals surface area contributed by atoms with E-state index in [4.69, 9.17) is 4.74 Å². The fourth-order valence-corrected chi connectivity index (χ4v) is 8.33. The molecule has 11 nitrogen and oxygen atoms in total. The van der Waals surface area contributed by atoms with Crippen LogP contribution in [0, 0.1) is 5.92 Å². The van der Waals surface area contributed by atoms with Crippen molar-refractivity contribution < 1.29 is 22.7 Å². The topological polar surface area (TPSA) is 125 Å². The van der Waals surface area contributed by atoms with Gasteiger partial charge in [-0.05, 0) is 49.2 Å². The van der Waals surface area contributed by atoms with Crippen LogP contribution >= 0.6 is 11.3 Å². The maximum absolute atomic E-state index is 13.7. The van der Waals surface area contributed by atoms with Crippen molar-refractivity contribution >= 4 is 48.7 Å². The van der Waals surface area contributed by atoms with Crippen molar-refractivity contribution in [1.82, 2.24) is 24.1 Å². The summed E-state index contributed by atoms with van der Waals surface area (Å²) in [6.45, 7) is 7.23. The number of fused-ring (bicyclic) bond motifs is 1. The molecule has 44 heavy (non-hydrogen) atoms. The second kappa shape index (κ2) is 14.3. The minimum atomic E-state index is -3.74. The Morgan fingerprint density at radius 3 is 2.34 bits per heavy atom. The molecule has 2 aliphatic rings. The van der Waals surface area contributed by atoms with E-state index in [9.17, 15) is 18.0 Å². The van der Waals surface area contributed by atoms with Crippen molar-refractivity contribution in [1.29, 1.82) is 0 Å². The van der Waals surface area contributed by atoms with Crippen molar-refractivity contribution in [2.24, 2.45) is 5.92 Å². The zero-order valence-electron chi connectivity index (χ0n) is 25.7. The summed E-state index contributed by atoms with van der Waals surface area (Å²) >= 11 is 1.29. The van der Waals surface area contributed by atoms with Crippen LogP contribution in [0.25, 0.3) is 10.3 Å². The maximum Gasteiger partial charge on any atom is 0.243 e. The summed E-state index contributed by atoms with van der Waals surface area (Å²) in [5.74, 6) is 0.354.